The Labute approximate surface area is 259 Å². The molecule has 0 aliphatic rings. The summed E-state index contributed by atoms with van der Waals surface area (Å²) in [6.07, 6.45) is 1.82. The Balaban J connectivity index is 1.50. The summed E-state index contributed by atoms with van der Waals surface area (Å²) < 4.78 is 25.0. The second-order valence-corrected chi connectivity index (χ2v) is 10.8. The van der Waals surface area contributed by atoms with Gasteiger partial charge in [0.1, 0.15) is 23.0 Å². The topological polar surface area (TPSA) is 106 Å². The summed E-state index contributed by atoms with van der Waals surface area (Å²) in [5.74, 6) is -0.809. The minimum absolute atomic E-state index is 0.137. The van der Waals surface area contributed by atoms with E-state index in [1.54, 1.807) is 72.8 Å². The number of thioether (sulfide) groups is 1. The molecule has 0 saturated heterocycles. The minimum Gasteiger partial charge on any atom is -0.497 e. The van der Waals surface area contributed by atoms with Gasteiger partial charge in [-0.1, -0.05) is 49.4 Å². The van der Waals surface area contributed by atoms with Crippen molar-refractivity contribution in [2.75, 3.05) is 24.9 Å². The van der Waals surface area contributed by atoms with Gasteiger partial charge in [0, 0.05) is 45.6 Å². The van der Waals surface area contributed by atoms with E-state index in [4.69, 9.17) is 9.47 Å². The fraction of sp³-hybridized carbons (Fsp3) is 0.147. The first-order chi connectivity index (χ1) is 21.3. The Kier molecular flexibility index (Phi) is 11.1. The number of amides is 3. The Morgan fingerprint density at radius 1 is 0.818 bits per heavy atom. The van der Waals surface area contributed by atoms with Crippen LogP contribution in [0.5, 0.6) is 11.5 Å². The summed E-state index contributed by atoms with van der Waals surface area (Å²) in [7, 11) is 3.07. The third-order valence-corrected chi connectivity index (χ3v) is 7.74. The van der Waals surface area contributed by atoms with Crippen LogP contribution in [-0.4, -0.2) is 37.2 Å². The number of nitrogens with one attached hydrogen (secondary N) is 3. The van der Waals surface area contributed by atoms with Gasteiger partial charge in [0.15, 0.2) is 0 Å². The van der Waals surface area contributed by atoms with Gasteiger partial charge in [0.25, 0.3) is 11.8 Å². The normalized spacial score (nSPS) is 11.7. The molecular formula is C34H32FN3O5S. The zero-order valence-electron chi connectivity index (χ0n) is 24.4. The van der Waals surface area contributed by atoms with Crippen molar-refractivity contribution in [1.82, 2.24) is 5.32 Å². The molecule has 4 aromatic carbocycles. The Morgan fingerprint density at radius 3 is 2.16 bits per heavy atom. The average Bonchev–Trinajstić information content (AvgIpc) is 3.04. The van der Waals surface area contributed by atoms with Crippen LogP contribution in [0.25, 0.3) is 6.08 Å². The highest BCUT2D eigenvalue weighted by Gasteiger charge is 2.20. The third-order valence-electron chi connectivity index (χ3n) is 6.39. The summed E-state index contributed by atoms with van der Waals surface area (Å²) in [4.78, 5) is 40.2. The van der Waals surface area contributed by atoms with Gasteiger partial charge < -0.3 is 25.4 Å². The number of methoxy groups -OCH3 is 2. The van der Waals surface area contributed by atoms with Crippen LogP contribution in [0.1, 0.15) is 29.3 Å². The van der Waals surface area contributed by atoms with Gasteiger partial charge in [-0.15, -0.1) is 11.8 Å². The van der Waals surface area contributed by atoms with Crippen molar-refractivity contribution in [3.63, 3.8) is 0 Å². The molecule has 0 heterocycles. The lowest BCUT2D eigenvalue weighted by Gasteiger charge is -2.17. The summed E-state index contributed by atoms with van der Waals surface area (Å²) in [6, 6.07) is 26.5. The highest BCUT2D eigenvalue weighted by Crippen LogP contribution is 2.30. The van der Waals surface area contributed by atoms with Crippen LogP contribution in [0, 0.1) is 5.82 Å². The number of hydrogen-bond donors (Lipinski definition) is 3. The molecule has 0 aliphatic heterocycles. The molecule has 0 spiro atoms. The van der Waals surface area contributed by atoms with Crippen molar-refractivity contribution in [2.45, 2.75) is 23.5 Å². The lowest BCUT2D eigenvalue weighted by molar-refractivity contribution is -0.116. The van der Waals surface area contributed by atoms with Crippen molar-refractivity contribution >= 4 is 46.9 Å². The molecule has 0 aromatic heterocycles. The Hall–Kier alpha value is -5.09. The number of benzene rings is 4. The molecule has 0 saturated carbocycles. The first-order valence-corrected chi connectivity index (χ1v) is 14.6. The molecule has 8 nitrogen and oxygen atoms in total. The van der Waals surface area contributed by atoms with Crippen LogP contribution >= 0.6 is 11.8 Å². The number of anilines is 2. The van der Waals surface area contributed by atoms with Crippen LogP contribution in [0.4, 0.5) is 15.8 Å². The maximum absolute atomic E-state index is 14.5. The van der Waals surface area contributed by atoms with E-state index >= 15 is 0 Å². The summed E-state index contributed by atoms with van der Waals surface area (Å²) >= 11 is 1.34. The molecular weight excluding hydrogens is 581 g/mol. The minimum atomic E-state index is -0.642. The molecule has 1 atom stereocenters. The lowest BCUT2D eigenvalue weighted by Crippen LogP contribution is -2.30. The second kappa shape index (κ2) is 15.4. The quantitative estimate of drug-likeness (QED) is 0.120. The van der Waals surface area contributed by atoms with Crippen molar-refractivity contribution < 1.29 is 28.2 Å². The number of halogens is 1. The van der Waals surface area contributed by atoms with Gasteiger partial charge in [-0.2, -0.15) is 0 Å². The van der Waals surface area contributed by atoms with Crippen molar-refractivity contribution in [3.05, 3.63) is 120 Å². The molecule has 4 aromatic rings. The highest BCUT2D eigenvalue weighted by atomic mass is 32.2. The van der Waals surface area contributed by atoms with Gasteiger partial charge in [0.05, 0.1) is 19.5 Å². The molecule has 0 aliphatic carbocycles. The first-order valence-electron chi connectivity index (χ1n) is 13.7. The average molecular weight is 614 g/mol. The molecule has 3 N–H and O–H groups in total. The predicted octanol–water partition coefficient (Wildman–Crippen LogP) is 6.76. The number of hydrogen-bond acceptors (Lipinski definition) is 6. The van der Waals surface area contributed by atoms with Gasteiger partial charge in [0.2, 0.25) is 5.91 Å². The third kappa shape index (κ3) is 8.71. The number of carbonyl (C=O) groups excluding carboxylic acids is 3. The molecule has 1 unspecified atom stereocenters. The number of rotatable bonds is 12. The fourth-order valence-electron chi connectivity index (χ4n) is 4.12. The van der Waals surface area contributed by atoms with E-state index in [2.05, 4.69) is 16.0 Å². The zero-order valence-corrected chi connectivity index (χ0v) is 25.2. The Morgan fingerprint density at radius 2 is 1.50 bits per heavy atom. The van der Waals surface area contributed by atoms with Crippen LogP contribution in [0.15, 0.2) is 108 Å². The SMILES string of the molecule is CCC(Sc1cccc(NC(=O)/C(=C/c2ccccc2F)NC(=O)c2ccccc2)c1)C(=O)Nc1cc(OC)cc(OC)c1. The fourth-order valence-corrected chi connectivity index (χ4v) is 5.14. The number of carbonyl (C=O) groups is 3. The highest BCUT2D eigenvalue weighted by molar-refractivity contribution is 8.00. The largest absolute Gasteiger partial charge is 0.497 e. The van der Waals surface area contributed by atoms with E-state index in [0.717, 1.165) is 4.90 Å². The summed E-state index contributed by atoms with van der Waals surface area (Å²) in [5.41, 5.74) is 1.32. The van der Waals surface area contributed by atoms with Gasteiger partial charge in [-0.3, -0.25) is 14.4 Å². The van der Waals surface area contributed by atoms with E-state index < -0.39 is 22.9 Å². The zero-order chi connectivity index (χ0) is 31.5. The molecule has 10 heteroatoms. The van der Waals surface area contributed by atoms with E-state index in [9.17, 15) is 18.8 Å². The lowest BCUT2D eigenvalue weighted by atomic mass is 10.1. The van der Waals surface area contributed by atoms with E-state index in [1.165, 1.54) is 50.3 Å². The molecule has 0 fully saturated rings. The number of ether oxygens (including phenoxy) is 2. The van der Waals surface area contributed by atoms with Gasteiger partial charge in [-0.25, -0.2) is 4.39 Å². The van der Waals surface area contributed by atoms with Gasteiger partial charge in [-0.05, 0) is 48.9 Å². The molecule has 3 amide bonds. The molecule has 44 heavy (non-hydrogen) atoms. The van der Waals surface area contributed by atoms with E-state index in [-0.39, 0.29) is 17.2 Å². The van der Waals surface area contributed by atoms with Crippen LogP contribution < -0.4 is 25.4 Å². The maximum atomic E-state index is 14.5. The standard InChI is InChI=1S/C34H32FN3O5S/c1-4-31(34(41)37-25-18-26(42-2)21-27(19-25)43-3)44-28-15-10-14-24(20-28)36-33(40)30(17-23-13-8-9-16-29(23)35)38-32(39)22-11-6-5-7-12-22/h5-21,31H,4H2,1-3H3,(H,36,40)(H,37,41)(H,38,39)/b30-17-. The monoisotopic (exact) mass is 613 g/mol. The van der Waals surface area contributed by atoms with Crippen LogP contribution in [-0.2, 0) is 9.59 Å². The molecule has 0 bridgehead atoms. The van der Waals surface area contributed by atoms with Gasteiger partial charge >= 0.3 is 0 Å². The first kappa shape index (κ1) is 31.8. The van der Waals surface area contributed by atoms with Crippen molar-refractivity contribution in [1.29, 1.82) is 0 Å². The summed E-state index contributed by atoms with van der Waals surface area (Å²) in [5, 5.41) is 7.86. The van der Waals surface area contributed by atoms with Crippen molar-refractivity contribution in [2.24, 2.45) is 0 Å². The second-order valence-electron chi connectivity index (χ2n) is 9.49. The smallest absolute Gasteiger partial charge is 0.272 e. The predicted molar refractivity (Wildman–Crippen MR) is 171 cm³/mol. The van der Waals surface area contributed by atoms with Crippen LogP contribution in [0.3, 0.4) is 0 Å². The molecule has 4 rings (SSSR count). The van der Waals surface area contributed by atoms with Crippen LogP contribution in [0.2, 0.25) is 0 Å². The van der Waals surface area contributed by atoms with E-state index in [1.807, 2.05) is 13.0 Å². The van der Waals surface area contributed by atoms with Crippen molar-refractivity contribution in [3.8, 4) is 11.5 Å². The Bertz CT molecular complexity index is 1640. The molecule has 0 radical (unpaired) electrons. The molecule has 226 valence electrons. The maximum Gasteiger partial charge on any atom is 0.272 e. The van der Waals surface area contributed by atoms with E-state index in [0.29, 0.717) is 34.9 Å². The summed E-state index contributed by atoms with van der Waals surface area (Å²) in [6.45, 7) is 1.91.